The van der Waals surface area contributed by atoms with Gasteiger partial charge in [-0.05, 0) is 25.7 Å². The predicted octanol–water partition coefficient (Wildman–Crippen LogP) is 1.08. The third-order valence-corrected chi connectivity index (χ3v) is 5.84. The smallest absolute Gasteiger partial charge is 0.231 e. The van der Waals surface area contributed by atoms with Gasteiger partial charge < -0.3 is 21.1 Å². The molecule has 0 aromatic heterocycles. The first-order valence-electron chi connectivity index (χ1n) is 9.99. The summed E-state index contributed by atoms with van der Waals surface area (Å²) < 4.78 is 6.03. The minimum atomic E-state index is -0.253. The van der Waals surface area contributed by atoms with Gasteiger partial charge >= 0.3 is 0 Å². The quantitative estimate of drug-likeness (QED) is 0.339. The number of piperidine rings is 1. The number of hydrogen-bond donors (Lipinski definition) is 3. The van der Waals surface area contributed by atoms with Crippen LogP contribution in [0.1, 0.15) is 52.9 Å². The van der Waals surface area contributed by atoms with Gasteiger partial charge in [-0.3, -0.25) is 14.7 Å². The molecule has 7 nitrogen and oxygen atoms in total. The number of ether oxygens (including phenoxy) is 1. The fourth-order valence-electron chi connectivity index (χ4n) is 3.77. The van der Waals surface area contributed by atoms with Crippen LogP contribution >= 0.6 is 0 Å². The normalized spacial score (nSPS) is 27.0. The van der Waals surface area contributed by atoms with Gasteiger partial charge in [-0.1, -0.05) is 27.2 Å². The van der Waals surface area contributed by atoms with Gasteiger partial charge in [0, 0.05) is 44.2 Å². The maximum atomic E-state index is 11.0. The monoisotopic (exact) mass is 367 g/mol. The lowest BCUT2D eigenvalue weighted by atomic mass is 9.64. The first-order chi connectivity index (χ1) is 12.4. The molecule has 1 amide bonds. The number of aliphatic imine (C=N–C) groups is 1. The molecule has 0 aromatic carbocycles. The molecule has 7 heteroatoms. The van der Waals surface area contributed by atoms with E-state index in [9.17, 15) is 4.79 Å². The van der Waals surface area contributed by atoms with Crippen LogP contribution in [-0.2, 0) is 9.53 Å². The van der Waals surface area contributed by atoms with E-state index in [-0.39, 0.29) is 11.3 Å². The summed E-state index contributed by atoms with van der Waals surface area (Å²) in [5.74, 6) is 0.611. The van der Waals surface area contributed by atoms with Crippen LogP contribution in [0, 0.1) is 5.41 Å². The number of hydrogen-bond acceptors (Lipinski definition) is 4. The maximum absolute atomic E-state index is 11.0. The van der Waals surface area contributed by atoms with Crippen LogP contribution in [0.15, 0.2) is 4.99 Å². The molecule has 1 heterocycles. The van der Waals surface area contributed by atoms with E-state index in [1.807, 2.05) is 7.05 Å². The van der Waals surface area contributed by atoms with E-state index in [4.69, 9.17) is 10.5 Å². The van der Waals surface area contributed by atoms with Crippen LogP contribution in [0.3, 0.4) is 0 Å². The van der Waals surface area contributed by atoms with Gasteiger partial charge in [-0.25, -0.2) is 0 Å². The lowest BCUT2D eigenvalue weighted by Gasteiger charge is -2.52. The molecule has 4 N–H and O–H groups in total. The van der Waals surface area contributed by atoms with Gasteiger partial charge in [-0.15, -0.1) is 0 Å². The van der Waals surface area contributed by atoms with E-state index in [2.05, 4.69) is 41.3 Å². The molecule has 0 radical (unpaired) electrons. The first-order valence-corrected chi connectivity index (χ1v) is 9.99. The molecule has 0 aromatic rings. The summed E-state index contributed by atoms with van der Waals surface area (Å²) in [6.07, 6.45) is 5.62. The summed E-state index contributed by atoms with van der Waals surface area (Å²) in [4.78, 5) is 17.5. The van der Waals surface area contributed by atoms with Crippen LogP contribution in [0.25, 0.3) is 0 Å². The summed E-state index contributed by atoms with van der Waals surface area (Å²) in [5, 5.41) is 7.11. The summed E-state index contributed by atoms with van der Waals surface area (Å²) >= 11 is 0. The summed E-state index contributed by atoms with van der Waals surface area (Å²) in [6.45, 7) is 9.71. The Bertz CT molecular complexity index is 486. The van der Waals surface area contributed by atoms with E-state index in [1.165, 1.54) is 6.42 Å². The highest BCUT2D eigenvalue weighted by atomic mass is 16.5. The van der Waals surface area contributed by atoms with Gasteiger partial charge in [0.25, 0.3) is 0 Å². The van der Waals surface area contributed by atoms with Gasteiger partial charge in [-0.2, -0.15) is 0 Å². The Morgan fingerprint density at radius 3 is 2.54 bits per heavy atom. The number of nitrogens with one attached hydrogen (secondary N) is 2. The Morgan fingerprint density at radius 2 is 2.00 bits per heavy atom. The SMILES string of the molecule is CCCCOC1CC(NC(=NC)NC2CCN(CC(N)=O)CC2)C1(C)C. The first kappa shape index (κ1) is 21.0. The number of amides is 1. The molecular formula is C19H37N5O2. The van der Waals surface area contributed by atoms with Crippen molar-refractivity contribution in [3.05, 3.63) is 0 Å². The second-order valence-corrected chi connectivity index (χ2v) is 8.20. The molecule has 2 unspecified atom stereocenters. The van der Waals surface area contributed by atoms with E-state index in [0.29, 0.717) is 24.7 Å². The summed E-state index contributed by atoms with van der Waals surface area (Å²) in [7, 11) is 1.82. The molecule has 1 saturated heterocycles. The highest BCUT2D eigenvalue weighted by Gasteiger charge is 2.49. The van der Waals surface area contributed by atoms with Gasteiger partial charge in [0.1, 0.15) is 0 Å². The Balaban J connectivity index is 1.74. The molecule has 1 aliphatic heterocycles. The van der Waals surface area contributed by atoms with Gasteiger partial charge in [0.05, 0.1) is 12.6 Å². The summed E-state index contributed by atoms with van der Waals surface area (Å²) in [6, 6.07) is 0.750. The number of likely N-dealkylation sites (tertiary alicyclic amines) is 1. The van der Waals surface area contributed by atoms with Crippen molar-refractivity contribution in [1.29, 1.82) is 0 Å². The molecule has 2 aliphatic rings. The number of guanidine groups is 1. The van der Waals surface area contributed by atoms with Crippen LogP contribution < -0.4 is 16.4 Å². The van der Waals surface area contributed by atoms with Crippen molar-refractivity contribution in [1.82, 2.24) is 15.5 Å². The number of nitrogens with zero attached hydrogens (tertiary/aromatic N) is 2. The van der Waals surface area contributed by atoms with Crippen LogP contribution in [-0.4, -0.2) is 68.2 Å². The number of primary amides is 1. The molecule has 150 valence electrons. The van der Waals surface area contributed by atoms with Crippen molar-refractivity contribution in [2.24, 2.45) is 16.1 Å². The molecule has 0 spiro atoms. The Kier molecular flexibility index (Phi) is 7.70. The van der Waals surface area contributed by atoms with Gasteiger partial charge in [0.15, 0.2) is 5.96 Å². The van der Waals surface area contributed by atoms with Crippen molar-refractivity contribution < 1.29 is 9.53 Å². The Morgan fingerprint density at radius 1 is 1.31 bits per heavy atom. The highest BCUT2D eigenvalue weighted by Crippen LogP contribution is 2.42. The third kappa shape index (κ3) is 5.58. The number of unbranched alkanes of at least 4 members (excludes halogenated alkanes) is 1. The molecular weight excluding hydrogens is 330 g/mol. The number of carbonyl (C=O) groups excluding carboxylic acids is 1. The molecule has 2 fully saturated rings. The average molecular weight is 368 g/mol. The van der Waals surface area contributed by atoms with Gasteiger partial charge in [0.2, 0.25) is 5.91 Å². The van der Waals surface area contributed by atoms with E-state index in [1.54, 1.807) is 0 Å². The number of nitrogens with two attached hydrogens (primary N) is 1. The van der Waals surface area contributed by atoms with Crippen LogP contribution in [0.4, 0.5) is 0 Å². The topological polar surface area (TPSA) is 92.0 Å². The molecule has 26 heavy (non-hydrogen) atoms. The van der Waals surface area contributed by atoms with Crippen molar-refractivity contribution in [2.75, 3.05) is 33.3 Å². The fourth-order valence-corrected chi connectivity index (χ4v) is 3.77. The third-order valence-electron chi connectivity index (χ3n) is 5.84. The Hall–Kier alpha value is -1.34. The van der Waals surface area contributed by atoms with Crippen LogP contribution in [0.2, 0.25) is 0 Å². The molecule has 1 aliphatic carbocycles. The second-order valence-electron chi connectivity index (χ2n) is 8.20. The van der Waals surface area contributed by atoms with Crippen molar-refractivity contribution in [3.63, 3.8) is 0 Å². The molecule has 2 atom stereocenters. The van der Waals surface area contributed by atoms with Crippen molar-refractivity contribution >= 4 is 11.9 Å². The summed E-state index contributed by atoms with van der Waals surface area (Å²) in [5.41, 5.74) is 5.38. The number of carbonyl (C=O) groups is 1. The number of rotatable bonds is 8. The predicted molar refractivity (Wildman–Crippen MR) is 105 cm³/mol. The maximum Gasteiger partial charge on any atom is 0.231 e. The van der Waals surface area contributed by atoms with Crippen molar-refractivity contribution in [2.45, 2.75) is 71.1 Å². The largest absolute Gasteiger partial charge is 0.378 e. The zero-order chi connectivity index (χ0) is 19.2. The average Bonchev–Trinajstić information content (AvgIpc) is 2.60. The van der Waals surface area contributed by atoms with E-state index >= 15 is 0 Å². The lowest BCUT2D eigenvalue weighted by molar-refractivity contribution is -0.119. The lowest BCUT2D eigenvalue weighted by Crippen LogP contribution is -2.64. The zero-order valence-electron chi connectivity index (χ0n) is 16.9. The van der Waals surface area contributed by atoms with E-state index < -0.39 is 0 Å². The Labute approximate surface area is 158 Å². The molecule has 2 rings (SSSR count). The molecule has 1 saturated carbocycles. The van der Waals surface area contributed by atoms with Crippen LogP contribution in [0.5, 0.6) is 0 Å². The highest BCUT2D eigenvalue weighted by molar-refractivity contribution is 5.80. The van der Waals surface area contributed by atoms with E-state index in [0.717, 1.165) is 51.3 Å². The minimum absolute atomic E-state index is 0.107. The van der Waals surface area contributed by atoms with Crippen molar-refractivity contribution in [3.8, 4) is 0 Å². The molecule has 0 bridgehead atoms. The standard InChI is InChI=1S/C19H37N5O2/c1-5-6-11-26-16-12-15(19(16,2)3)23-18(21-4)22-14-7-9-24(10-8-14)13-17(20)25/h14-16H,5-13H2,1-4H3,(H2,20,25)(H2,21,22,23). The minimum Gasteiger partial charge on any atom is -0.378 e. The zero-order valence-corrected chi connectivity index (χ0v) is 16.9. The fraction of sp³-hybridized carbons (Fsp3) is 0.895. The second kappa shape index (κ2) is 9.55.